The number of aromatic hydroxyl groups is 1. The van der Waals surface area contributed by atoms with E-state index in [-0.39, 0.29) is 76.9 Å². The zero-order chi connectivity index (χ0) is 40.1. The van der Waals surface area contributed by atoms with Crippen LogP contribution >= 0.6 is 48.0 Å². The Hall–Kier alpha value is -4.56. The summed E-state index contributed by atoms with van der Waals surface area (Å²) >= 11 is 11.6. The van der Waals surface area contributed by atoms with Crippen LogP contribution in [0.2, 0.25) is 5.02 Å². The van der Waals surface area contributed by atoms with E-state index >= 15 is 0 Å². The van der Waals surface area contributed by atoms with Crippen molar-refractivity contribution in [3.05, 3.63) is 131 Å². The molecular weight excluding hydrogens is 889 g/mol. The van der Waals surface area contributed by atoms with Gasteiger partial charge in [-0.2, -0.15) is 0 Å². The van der Waals surface area contributed by atoms with Crippen molar-refractivity contribution in [1.82, 2.24) is 9.13 Å². The highest BCUT2D eigenvalue weighted by Gasteiger charge is 2.29. The number of nitrogen functional groups attached to an aromatic ring is 2. The molecule has 3 aliphatic rings. The fraction of sp³-hybridized carbons (Fsp3) is 0.286. The molecule has 324 valence electrons. The average molecular weight is 942 g/mol. The second-order valence-electron chi connectivity index (χ2n) is 14.5. The molecule has 12 nitrogen and oxygen atoms in total. The minimum atomic E-state index is -0.242. The second-order valence-corrected chi connectivity index (χ2v) is 15.2. The maximum Gasteiger partial charge on any atom is 0.243 e. The van der Waals surface area contributed by atoms with Crippen LogP contribution in [0.3, 0.4) is 0 Å². The van der Waals surface area contributed by atoms with E-state index in [0.717, 1.165) is 49.5 Å². The highest BCUT2D eigenvalue weighted by molar-refractivity contribution is 6.49. The van der Waals surface area contributed by atoms with Gasteiger partial charge in [0.1, 0.15) is 52.7 Å². The normalized spacial score (nSPS) is 17.5. The Labute approximate surface area is 386 Å². The number of hydrogen-bond acceptors (Lipinski definition) is 8. The van der Waals surface area contributed by atoms with Crippen LogP contribution in [0.15, 0.2) is 125 Å². The molecule has 0 spiro atoms. The molecule has 2 atom stereocenters. The number of phenolic OH excluding ortho intramolecular Hbond substituents is 1. The van der Waals surface area contributed by atoms with Gasteiger partial charge >= 0.3 is 0 Å². The summed E-state index contributed by atoms with van der Waals surface area (Å²) in [7, 11) is 4.10. The first-order valence-corrected chi connectivity index (χ1v) is 19.2. The van der Waals surface area contributed by atoms with Crippen LogP contribution in [0.25, 0.3) is 0 Å². The summed E-state index contributed by atoms with van der Waals surface area (Å²) in [5, 5.41) is 9.45. The number of phenols is 1. The monoisotopic (exact) mass is 938 g/mol. The number of anilines is 4. The molecule has 4 heterocycles. The number of Topliss-reactive ketones (excluding diaryl/α,β-unsaturated/α-hetero) is 1. The Balaban J connectivity index is 0.000000334. The number of halogens is 6. The number of allylic oxidation sites excluding steroid dienone is 3. The molecule has 2 unspecified atom stereocenters. The van der Waals surface area contributed by atoms with Gasteiger partial charge in [0.15, 0.2) is 0 Å². The quantitative estimate of drug-likeness (QED) is 0.116. The van der Waals surface area contributed by atoms with Crippen LogP contribution < -0.4 is 60.9 Å². The van der Waals surface area contributed by atoms with Crippen molar-refractivity contribution < 1.29 is 43.8 Å². The molecular formula is C42H52Cl6N10O2. The van der Waals surface area contributed by atoms with Gasteiger partial charge in [0.2, 0.25) is 18.4 Å². The summed E-state index contributed by atoms with van der Waals surface area (Å²) in [5.41, 5.74) is 23.6. The van der Waals surface area contributed by atoms with Crippen LogP contribution in [-0.2, 0) is 18.9 Å². The number of nitrogens with two attached hydrogens (primary N) is 3. The predicted molar refractivity (Wildman–Crippen MR) is 240 cm³/mol. The molecule has 0 amide bonds. The number of imidazole rings is 2. The molecule has 0 saturated carbocycles. The Morgan fingerprint density at radius 3 is 1.68 bits per heavy atom. The molecule has 2 saturated heterocycles. The number of carbonyl (C=O) groups is 1. The van der Waals surface area contributed by atoms with Gasteiger partial charge < -0.3 is 56.9 Å². The van der Waals surface area contributed by atoms with Gasteiger partial charge in [-0.25, -0.2) is 23.3 Å². The summed E-state index contributed by atoms with van der Waals surface area (Å²) in [5.74, 6) is -0.171. The first-order chi connectivity index (χ1) is 26.8. The van der Waals surface area contributed by atoms with Gasteiger partial charge in [0, 0.05) is 48.6 Å². The van der Waals surface area contributed by atoms with Gasteiger partial charge in [-0.05, 0) is 80.1 Å². The maximum atomic E-state index is 11.9. The zero-order valence-corrected chi connectivity index (χ0v) is 38.4. The fourth-order valence-electron chi connectivity index (χ4n) is 6.90. The van der Waals surface area contributed by atoms with Crippen LogP contribution in [0.5, 0.6) is 5.75 Å². The largest absolute Gasteiger partial charge is 1.00 e. The Morgan fingerprint density at radius 1 is 0.750 bits per heavy atom. The van der Waals surface area contributed by atoms with E-state index in [1.54, 1.807) is 32.1 Å². The topological polar surface area (TPSA) is 152 Å². The molecule has 0 radical (unpaired) electrons. The number of ketones is 1. The minimum Gasteiger partial charge on any atom is -1.00 e. The number of aliphatic imine (C=N–C) groups is 1. The van der Waals surface area contributed by atoms with Crippen LogP contribution in [0.4, 0.5) is 28.4 Å². The van der Waals surface area contributed by atoms with Crippen molar-refractivity contribution >= 4 is 87.9 Å². The van der Waals surface area contributed by atoms with Gasteiger partial charge in [-0.15, -0.1) is 24.8 Å². The summed E-state index contributed by atoms with van der Waals surface area (Å²) in [6.45, 7) is 7.66. The van der Waals surface area contributed by atoms with E-state index in [1.165, 1.54) is 17.8 Å². The molecule has 8 rings (SSSR count). The molecule has 3 aromatic carbocycles. The minimum absolute atomic E-state index is 0. The zero-order valence-electron chi connectivity index (χ0n) is 33.8. The predicted octanol–water partition coefficient (Wildman–Crippen LogP) is 0.909. The lowest BCUT2D eigenvalue weighted by molar-refractivity contribution is -0.671. The third-order valence-corrected chi connectivity index (χ3v) is 11.0. The number of rotatable bonds is 5. The van der Waals surface area contributed by atoms with Crippen molar-refractivity contribution in [3.63, 3.8) is 0 Å². The van der Waals surface area contributed by atoms with Crippen LogP contribution in [0.1, 0.15) is 37.4 Å². The average Bonchev–Trinajstić information content (AvgIpc) is 4.03. The fourth-order valence-corrected chi connectivity index (χ4v) is 7.36. The molecule has 0 bridgehead atoms. The van der Waals surface area contributed by atoms with Crippen molar-refractivity contribution in [3.8, 4) is 5.75 Å². The SMILES string of the molecule is CC1=CC(=Nc2ccc(N3CCC(n4cc[n+](C)c4)C3)cc2)C(N)=C(Cl)C1=O.C[n+]1ccn(C2CCN(c3ccc(N)cc3)C2)c1.Cc1ccc(N)c(Cl)c1O.Cl.Cl.[Cl-].[Cl-]. The standard InChI is InChI=1S/C21H22ClN5O.C14H19N4.C7H8ClNO.4ClH/c1-14-11-18(20(23)19(22)21(14)28)24-15-3-5-16(6-4-15)26-8-7-17(12-26)27-10-9-25(2)13-27;1-16-8-9-18(11-16)14-6-7-17(10-14)13-4-2-12(15)3-5-13;1-4-2-3-5(9)6(8)7(4)10;;;;/h3-6,9-11,13,17H,7-8,12H2,1-2H3,(H-,23,28);2-5,8-9,11,14H,6-7,10,15H2,1H3;2-3,10H,9H2,1H3;4*1H/q;+1;;;;;/p-1. The van der Waals surface area contributed by atoms with Gasteiger partial charge in [0.25, 0.3) is 0 Å². The number of nitrogens with zero attached hydrogens (tertiary/aromatic N) is 7. The second kappa shape index (κ2) is 22.9. The molecule has 2 aliphatic heterocycles. The van der Waals surface area contributed by atoms with Crippen LogP contribution in [0, 0.1) is 6.92 Å². The first-order valence-electron chi connectivity index (χ1n) is 18.5. The molecule has 60 heavy (non-hydrogen) atoms. The summed E-state index contributed by atoms with van der Waals surface area (Å²) in [6, 6.07) is 20.7. The molecule has 18 heteroatoms. The summed E-state index contributed by atoms with van der Waals surface area (Å²) in [6.07, 6.45) is 16.7. The molecule has 5 aromatic rings. The Bertz CT molecular complexity index is 2260. The lowest BCUT2D eigenvalue weighted by atomic mass is 10.0. The highest BCUT2D eigenvalue weighted by Crippen LogP contribution is 2.32. The van der Waals surface area contributed by atoms with E-state index < -0.39 is 0 Å². The van der Waals surface area contributed by atoms with E-state index in [4.69, 9.17) is 40.4 Å². The number of benzene rings is 3. The van der Waals surface area contributed by atoms with Gasteiger partial charge in [-0.1, -0.05) is 29.3 Å². The number of carbonyl (C=O) groups excluding carboxylic acids is 1. The summed E-state index contributed by atoms with van der Waals surface area (Å²) in [4.78, 5) is 21.2. The smallest absolute Gasteiger partial charge is 0.243 e. The van der Waals surface area contributed by atoms with Crippen molar-refractivity contribution in [1.29, 1.82) is 0 Å². The number of hydrogen-bond donors (Lipinski definition) is 4. The Morgan fingerprint density at radius 2 is 1.23 bits per heavy atom. The maximum absolute atomic E-state index is 11.9. The van der Waals surface area contributed by atoms with E-state index in [9.17, 15) is 9.90 Å². The lowest BCUT2D eigenvalue weighted by Crippen LogP contribution is -3.00. The molecule has 1 aliphatic carbocycles. The molecule has 2 aromatic heterocycles. The molecule has 7 N–H and O–H groups in total. The van der Waals surface area contributed by atoms with Crippen molar-refractivity contribution in [2.45, 2.75) is 38.8 Å². The highest BCUT2D eigenvalue weighted by atomic mass is 35.5. The first kappa shape index (κ1) is 51.6. The lowest BCUT2D eigenvalue weighted by Gasteiger charge is -2.18. The summed E-state index contributed by atoms with van der Waals surface area (Å²) < 4.78 is 8.74. The van der Waals surface area contributed by atoms with Gasteiger partial charge in [0.05, 0.1) is 50.0 Å². The van der Waals surface area contributed by atoms with E-state index in [2.05, 4.69) is 102 Å². The number of aromatic nitrogens is 4. The Kier molecular flexibility index (Phi) is 19.7. The van der Waals surface area contributed by atoms with Gasteiger partial charge in [-0.3, -0.25) is 4.79 Å². The van der Waals surface area contributed by atoms with E-state index in [0.29, 0.717) is 29.1 Å². The third-order valence-electron chi connectivity index (χ3n) is 10.2. The molecule has 2 fully saturated rings. The number of aryl methyl sites for hydroxylation is 3. The van der Waals surface area contributed by atoms with E-state index in [1.807, 2.05) is 31.3 Å². The van der Waals surface area contributed by atoms with Crippen LogP contribution in [-0.4, -0.2) is 51.9 Å². The third kappa shape index (κ3) is 12.5. The van der Waals surface area contributed by atoms with Crippen molar-refractivity contribution in [2.24, 2.45) is 24.8 Å². The van der Waals surface area contributed by atoms with Crippen molar-refractivity contribution in [2.75, 3.05) is 47.4 Å².